The average molecular weight is 655 g/mol. The Morgan fingerprint density at radius 2 is 1.76 bits per heavy atom. The van der Waals surface area contributed by atoms with Gasteiger partial charge in [-0.2, -0.15) is 0 Å². The molecule has 5 nitrogen and oxygen atoms in total. The molecule has 4 atom stereocenters. The number of nitrogens with zero attached hydrogens (tertiary/aromatic N) is 1. The predicted octanol–water partition coefficient (Wildman–Crippen LogP) is 4.94. The van der Waals surface area contributed by atoms with Crippen LogP contribution < -0.4 is 0 Å². The molecule has 1 aliphatic carbocycles. The van der Waals surface area contributed by atoms with Gasteiger partial charge in [0.05, 0.1) is 13.2 Å². The van der Waals surface area contributed by atoms with E-state index in [0.717, 1.165) is 12.1 Å². The topological polar surface area (TPSA) is 70.4 Å². The van der Waals surface area contributed by atoms with E-state index < -0.39 is 41.8 Å². The third-order valence-corrected chi connectivity index (χ3v) is 5.80. The molecule has 1 unspecified atom stereocenters. The maximum absolute atomic E-state index is 15.1. The van der Waals surface area contributed by atoms with Gasteiger partial charge in [-0.25, -0.2) is 30.4 Å². The summed E-state index contributed by atoms with van der Waals surface area (Å²) in [6, 6.07) is 5.06. The summed E-state index contributed by atoms with van der Waals surface area (Å²) in [6.07, 6.45) is 3.29. The molecule has 1 N–H and O–H groups in total. The van der Waals surface area contributed by atoms with Crippen LogP contribution in [0.2, 0.25) is 0 Å². The first kappa shape index (κ1) is 26.6. The molecule has 0 spiro atoms. The van der Waals surface area contributed by atoms with Gasteiger partial charge in [0.25, 0.3) is 5.91 Å². The molecule has 5 rings (SSSR count). The van der Waals surface area contributed by atoms with Crippen LogP contribution in [0.1, 0.15) is 24.8 Å². The quantitative estimate of drug-likeness (QED) is 0.347. The molecule has 1 amide bonds. The molecule has 3 fully saturated rings. The fourth-order valence-corrected chi connectivity index (χ4v) is 3.87. The van der Waals surface area contributed by atoms with E-state index in [1.54, 1.807) is 0 Å². The van der Waals surface area contributed by atoms with Gasteiger partial charge in [-0.3, -0.25) is 4.79 Å². The second-order valence-electron chi connectivity index (χ2n) is 8.25. The number of rotatable bonds is 4. The van der Waals surface area contributed by atoms with Gasteiger partial charge in [-0.05, 0) is 29.7 Å². The Hall–Kier alpha value is -2.01. The summed E-state index contributed by atoms with van der Waals surface area (Å²) >= 11 is 0.611. The fourth-order valence-electron chi connectivity index (χ4n) is 3.87. The minimum absolute atomic E-state index is 0.00238. The zero-order chi connectivity index (χ0) is 24.8. The van der Waals surface area contributed by atoms with Crippen molar-refractivity contribution in [3.05, 3.63) is 71.6 Å². The molecule has 2 saturated heterocycles. The van der Waals surface area contributed by atoms with Crippen molar-refractivity contribution in [2.24, 2.45) is 0 Å². The first-order valence-electron chi connectivity index (χ1n) is 10.8. The number of likely N-dealkylation sites (tertiary alicyclic amines) is 1. The first-order valence-corrected chi connectivity index (χ1v) is 11.9. The van der Waals surface area contributed by atoms with Crippen LogP contribution in [0.5, 0.6) is 0 Å². The van der Waals surface area contributed by atoms with E-state index in [1.165, 1.54) is 35.9 Å². The molecule has 1 saturated carbocycles. The van der Waals surface area contributed by atoms with Crippen molar-refractivity contribution in [1.82, 2.24) is 4.90 Å². The SMILES string of the molecule is [CH-]1CC1.[NH-][C@H]1[C@@H](F)CN(C(=O)C2CCO2)[C@H]1Cc1cccc(-c2cc(F)cc(F)c2)c1F.[O]=[Os]. The molecule has 186 valence electrons. The Bertz CT molecular complexity index is 983. The number of alkyl halides is 1. The number of hydrogen-bond acceptors (Lipinski definition) is 3. The number of carbonyl (C=O) groups excluding carboxylic acids is 1. The van der Waals surface area contributed by atoms with Crippen LogP contribution in [0.25, 0.3) is 16.9 Å². The zero-order valence-corrected chi connectivity index (χ0v) is 20.7. The number of carbonyl (C=O) groups is 1. The van der Waals surface area contributed by atoms with Crippen LogP contribution >= 0.6 is 0 Å². The van der Waals surface area contributed by atoms with Gasteiger partial charge in [-0.15, -0.1) is 0 Å². The normalized spacial score (nSPS) is 24.8. The Balaban J connectivity index is 0.000000588. The Labute approximate surface area is 205 Å². The molecule has 0 bridgehead atoms. The minimum atomic E-state index is -1.53. The van der Waals surface area contributed by atoms with Gasteiger partial charge in [0.2, 0.25) is 0 Å². The monoisotopic (exact) mass is 656 g/mol. The van der Waals surface area contributed by atoms with Crippen molar-refractivity contribution in [2.75, 3.05) is 13.2 Å². The van der Waals surface area contributed by atoms with Crippen molar-refractivity contribution in [2.45, 2.75) is 50.0 Å². The number of halogens is 4. The number of nitrogens with one attached hydrogen (secondary N) is 1. The van der Waals surface area contributed by atoms with E-state index in [2.05, 4.69) is 6.42 Å². The molecule has 2 aromatic carbocycles. The number of ether oxygens (including phenoxy) is 1. The van der Waals surface area contributed by atoms with Crippen LogP contribution in [-0.4, -0.2) is 48.3 Å². The second kappa shape index (κ2) is 12.1. The van der Waals surface area contributed by atoms with Crippen LogP contribution in [0.15, 0.2) is 36.4 Å². The number of amides is 1. The van der Waals surface area contributed by atoms with Gasteiger partial charge >= 0.3 is 22.1 Å². The second-order valence-corrected chi connectivity index (χ2v) is 8.25. The summed E-state index contributed by atoms with van der Waals surface area (Å²) in [5.41, 5.74) is 8.28. The van der Waals surface area contributed by atoms with Gasteiger partial charge < -0.3 is 21.8 Å². The molecule has 3 aliphatic rings. The summed E-state index contributed by atoms with van der Waals surface area (Å²) in [5.74, 6) is -2.75. The summed E-state index contributed by atoms with van der Waals surface area (Å²) in [4.78, 5) is 13.8. The van der Waals surface area contributed by atoms with Gasteiger partial charge in [-0.1, -0.05) is 24.2 Å². The van der Waals surface area contributed by atoms with Gasteiger partial charge in [0.1, 0.15) is 29.7 Å². The standard InChI is InChI=1S/C21H19F4N2O2.C3H5.O.Os/c22-13-6-12(7-14(23)9-13)15-3-1-2-11(19(15)25)8-17-20(26)16(24)10-27(17)21(28)18-4-5-29-18;1-2-3-1;;/h1-3,6-7,9,16-18,20,26H,4-5,8,10H2;1H,2-3H2;;/q2*-1;;/t16-,17-,18?,20-;;;/m0.../s1. The Morgan fingerprint density at radius 1 is 1.15 bits per heavy atom. The predicted molar refractivity (Wildman–Crippen MR) is 113 cm³/mol. The van der Waals surface area contributed by atoms with Crippen molar-refractivity contribution in [3.8, 4) is 11.1 Å². The van der Waals surface area contributed by atoms with Crippen molar-refractivity contribution in [3.63, 3.8) is 0 Å². The summed E-state index contributed by atoms with van der Waals surface area (Å²) < 4.78 is 69.9. The van der Waals surface area contributed by atoms with Crippen LogP contribution in [-0.2, 0) is 38.0 Å². The maximum atomic E-state index is 15.1. The van der Waals surface area contributed by atoms with Gasteiger partial charge in [0, 0.05) is 24.1 Å². The van der Waals surface area contributed by atoms with Gasteiger partial charge in [0.15, 0.2) is 0 Å². The molecule has 0 radical (unpaired) electrons. The molecule has 0 aromatic heterocycles. The number of hydrogen-bond donors (Lipinski definition) is 0. The fraction of sp³-hybridized carbons (Fsp3) is 0.417. The van der Waals surface area contributed by atoms with Crippen molar-refractivity contribution >= 4 is 5.91 Å². The molecular formula is C24H24F4N2O3Os-2. The number of benzene rings is 2. The van der Waals surface area contributed by atoms with Crippen molar-refractivity contribution < 1.29 is 49.2 Å². The van der Waals surface area contributed by atoms with E-state index >= 15 is 4.39 Å². The zero-order valence-electron chi connectivity index (χ0n) is 18.1. The Morgan fingerprint density at radius 3 is 2.29 bits per heavy atom. The van der Waals surface area contributed by atoms with E-state index in [-0.39, 0.29) is 35.6 Å². The molecule has 2 heterocycles. The van der Waals surface area contributed by atoms with E-state index in [0.29, 0.717) is 37.6 Å². The van der Waals surface area contributed by atoms with E-state index in [9.17, 15) is 18.0 Å². The summed E-state index contributed by atoms with van der Waals surface area (Å²) in [7, 11) is 0. The summed E-state index contributed by atoms with van der Waals surface area (Å²) in [6.45, 7) is 0.229. The summed E-state index contributed by atoms with van der Waals surface area (Å²) in [5, 5.41) is 0. The third-order valence-electron chi connectivity index (χ3n) is 5.80. The van der Waals surface area contributed by atoms with E-state index in [4.69, 9.17) is 14.0 Å². The van der Waals surface area contributed by atoms with Crippen molar-refractivity contribution in [1.29, 1.82) is 0 Å². The first-order chi connectivity index (χ1) is 16.3. The average Bonchev–Trinajstić information content (AvgIpc) is 3.62. The molecular weight excluding hydrogens is 630 g/mol. The molecule has 10 heteroatoms. The Kier molecular flexibility index (Phi) is 9.46. The molecule has 2 aliphatic heterocycles. The molecule has 34 heavy (non-hydrogen) atoms. The van der Waals surface area contributed by atoms with Crippen LogP contribution in [0.4, 0.5) is 17.6 Å². The molecule has 2 aromatic rings. The third kappa shape index (κ3) is 6.35. The van der Waals surface area contributed by atoms with Crippen LogP contribution in [0, 0.1) is 23.9 Å². The van der Waals surface area contributed by atoms with Crippen LogP contribution in [0.3, 0.4) is 0 Å². The van der Waals surface area contributed by atoms with E-state index in [1.807, 2.05) is 0 Å².